The minimum absolute atomic E-state index is 0.0960. The molecule has 0 fully saturated rings. The van der Waals surface area contributed by atoms with Gasteiger partial charge in [0.25, 0.3) is 0 Å². The van der Waals surface area contributed by atoms with Crippen LogP contribution in [0.3, 0.4) is 0 Å². The van der Waals surface area contributed by atoms with Crippen LogP contribution in [0.15, 0.2) is 107 Å². The number of nitrogens with one attached hydrogen (secondary N) is 1. The molecule has 1 atom stereocenters. The molecule has 3 aromatic carbocycles. The highest BCUT2D eigenvalue weighted by Crippen LogP contribution is 2.17. The zero-order chi connectivity index (χ0) is 30.6. The fourth-order valence-electron chi connectivity index (χ4n) is 4.41. The molecule has 0 bridgehead atoms. The quantitative estimate of drug-likeness (QED) is 0.246. The maximum atomic E-state index is 13.5. The third-order valence-electron chi connectivity index (χ3n) is 6.50. The van der Waals surface area contributed by atoms with Gasteiger partial charge in [0, 0.05) is 11.4 Å². The van der Waals surface area contributed by atoms with Gasteiger partial charge in [-0.25, -0.2) is 25.3 Å². The van der Waals surface area contributed by atoms with Crippen LogP contribution in [0.2, 0.25) is 0 Å². The largest absolute Gasteiger partial charge is 0.350 e. The molecule has 8 nitrogen and oxygen atoms in total. The van der Waals surface area contributed by atoms with E-state index in [1.54, 1.807) is 78.9 Å². The number of hydrogen-bond donors (Lipinski definition) is 1. The first-order chi connectivity index (χ1) is 19.9. The Morgan fingerprint density at radius 3 is 1.62 bits per heavy atom. The summed E-state index contributed by atoms with van der Waals surface area (Å²) in [6.07, 6.45) is 3.18. The van der Waals surface area contributed by atoms with Crippen LogP contribution in [0, 0.1) is 5.92 Å². The summed E-state index contributed by atoms with van der Waals surface area (Å²) in [7, 11) is -11.6. The molecule has 0 radical (unpaired) electrons. The van der Waals surface area contributed by atoms with Crippen LogP contribution < -0.4 is 5.32 Å². The minimum atomic E-state index is -3.89. The van der Waals surface area contributed by atoms with E-state index in [0.717, 1.165) is 11.8 Å². The molecule has 0 heterocycles. The third kappa shape index (κ3) is 11.2. The van der Waals surface area contributed by atoms with Crippen LogP contribution in [-0.4, -0.2) is 48.7 Å². The van der Waals surface area contributed by atoms with Crippen molar-refractivity contribution in [2.24, 2.45) is 5.92 Å². The summed E-state index contributed by atoms with van der Waals surface area (Å²) >= 11 is 0. The molecule has 3 rings (SSSR count). The maximum Gasteiger partial charge on any atom is 0.225 e. The number of amides is 1. The number of carbonyl (C=O) groups excluding carboxylic acids is 1. The number of sulfone groups is 3. The van der Waals surface area contributed by atoms with Crippen molar-refractivity contribution in [1.82, 2.24) is 5.32 Å². The van der Waals surface area contributed by atoms with Crippen molar-refractivity contribution in [2.75, 3.05) is 11.5 Å². The Morgan fingerprint density at radius 2 is 1.17 bits per heavy atom. The van der Waals surface area contributed by atoms with Gasteiger partial charge in [-0.3, -0.25) is 4.79 Å². The van der Waals surface area contributed by atoms with Crippen molar-refractivity contribution in [3.8, 4) is 0 Å². The molecule has 0 aliphatic heterocycles. The highest BCUT2D eigenvalue weighted by atomic mass is 32.2. The summed E-state index contributed by atoms with van der Waals surface area (Å²) in [5.74, 6) is -4.18. The molecule has 1 N–H and O–H groups in total. The Labute approximate surface area is 249 Å². The van der Waals surface area contributed by atoms with Gasteiger partial charge in [0.05, 0.1) is 33.8 Å². The number of benzene rings is 3. The summed E-state index contributed by atoms with van der Waals surface area (Å²) in [6.45, 7) is 1.94. The predicted octanol–water partition coefficient (Wildman–Crippen LogP) is 4.50. The van der Waals surface area contributed by atoms with Gasteiger partial charge in [0.15, 0.2) is 29.5 Å². The maximum absolute atomic E-state index is 13.5. The molecule has 0 saturated carbocycles. The lowest BCUT2D eigenvalue weighted by Gasteiger charge is -2.21. The highest BCUT2D eigenvalue weighted by Gasteiger charge is 2.31. The smallest absolute Gasteiger partial charge is 0.225 e. The van der Waals surface area contributed by atoms with Crippen molar-refractivity contribution in [3.63, 3.8) is 0 Å². The summed E-state index contributed by atoms with van der Waals surface area (Å²) < 4.78 is 78.2. The fraction of sp³-hybridized carbons (Fsp3) is 0.323. The normalized spacial score (nSPS) is 13.3. The van der Waals surface area contributed by atoms with Gasteiger partial charge < -0.3 is 5.32 Å². The number of carbonyl (C=O) groups is 1. The zero-order valence-corrected chi connectivity index (χ0v) is 26.0. The van der Waals surface area contributed by atoms with Crippen LogP contribution in [0.25, 0.3) is 0 Å². The lowest BCUT2D eigenvalue weighted by atomic mass is 10.1. The Morgan fingerprint density at radius 1 is 0.714 bits per heavy atom. The van der Waals surface area contributed by atoms with Crippen LogP contribution in [0.5, 0.6) is 0 Å². The predicted molar refractivity (Wildman–Crippen MR) is 166 cm³/mol. The molecule has 0 saturated heterocycles. The van der Waals surface area contributed by atoms with E-state index in [2.05, 4.69) is 5.32 Å². The monoisotopic (exact) mass is 631 g/mol. The lowest BCUT2D eigenvalue weighted by molar-refractivity contribution is -0.124. The molecule has 3 aromatic rings. The first-order valence-corrected chi connectivity index (χ1v) is 18.9. The second-order valence-corrected chi connectivity index (χ2v) is 16.3. The van der Waals surface area contributed by atoms with Crippen LogP contribution in [0.4, 0.5) is 0 Å². The molecule has 0 spiro atoms. The van der Waals surface area contributed by atoms with Gasteiger partial charge in [-0.2, -0.15) is 0 Å². The first kappa shape index (κ1) is 33.2. The molecular weight excluding hydrogens is 595 g/mol. The second kappa shape index (κ2) is 15.3. The fourth-order valence-corrected chi connectivity index (χ4v) is 9.06. The Bertz CT molecular complexity index is 1570. The van der Waals surface area contributed by atoms with E-state index >= 15 is 0 Å². The number of hydrogen-bond acceptors (Lipinski definition) is 7. The summed E-state index contributed by atoms with van der Waals surface area (Å²) in [6, 6.07) is 24.0. The number of unbranched alkanes of at least 4 members (excludes halogenated alkanes) is 1. The molecule has 0 aliphatic carbocycles. The van der Waals surface area contributed by atoms with Crippen molar-refractivity contribution in [2.45, 2.75) is 48.6 Å². The zero-order valence-electron chi connectivity index (χ0n) is 23.5. The Kier molecular flexibility index (Phi) is 12.1. The average molecular weight is 632 g/mol. The highest BCUT2D eigenvalue weighted by molar-refractivity contribution is 7.94. The second-order valence-electron chi connectivity index (χ2n) is 10.2. The molecular formula is C31H37NO7S3. The van der Waals surface area contributed by atoms with Gasteiger partial charge in [0.1, 0.15) is 0 Å². The van der Waals surface area contributed by atoms with Gasteiger partial charge in [-0.15, -0.1) is 0 Å². The molecule has 11 heteroatoms. The van der Waals surface area contributed by atoms with Gasteiger partial charge in [-0.05, 0) is 29.7 Å². The Balaban J connectivity index is 1.86. The third-order valence-corrected chi connectivity index (χ3v) is 11.3. The van der Waals surface area contributed by atoms with Crippen LogP contribution in [-0.2, 0) is 45.8 Å². The molecule has 1 amide bonds. The SMILES string of the molecule is CCCC[C@@H](C=CS(=O)(=O)c1ccccc1)NC(=O)C(CS(=O)(=O)Cc1ccccc1)CS(=O)(=O)Cc1ccccc1. The van der Waals surface area contributed by atoms with Gasteiger partial charge in [-0.1, -0.05) is 105 Å². The lowest BCUT2D eigenvalue weighted by Crippen LogP contribution is -2.43. The van der Waals surface area contributed by atoms with Gasteiger partial charge >= 0.3 is 0 Å². The van der Waals surface area contributed by atoms with E-state index in [1.165, 1.54) is 18.2 Å². The molecule has 0 unspecified atom stereocenters. The van der Waals surface area contributed by atoms with Crippen LogP contribution in [0.1, 0.15) is 37.3 Å². The molecule has 42 heavy (non-hydrogen) atoms. The van der Waals surface area contributed by atoms with E-state index in [0.29, 0.717) is 24.0 Å². The summed E-state index contributed by atoms with van der Waals surface area (Å²) in [5, 5.41) is 3.75. The van der Waals surface area contributed by atoms with E-state index in [1.807, 2.05) is 6.92 Å². The van der Waals surface area contributed by atoms with E-state index in [-0.39, 0.29) is 16.4 Å². The van der Waals surface area contributed by atoms with Crippen molar-refractivity contribution in [3.05, 3.63) is 114 Å². The molecule has 226 valence electrons. The van der Waals surface area contributed by atoms with Gasteiger partial charge in [0.2, 0.25) is 5.91 Å². The number of rotatable bonds is 16. The summed E-state index contributed by atoms with van der Waals surface area (Å²) in [4.78, 5) is 13.6. The van der Waals surface area contributed by atoms with Crippen molar-refractivity contribution in [1.29, 1.82) is 0 Å². The summed E-state index contributed by atoms with van der Waals surface area (Å²) in [5.41, 5.74) is 1.05. The van der Waals surface area contributed by atoms with Crippen LogP contribution >= 0.6 is 0 Å². The Hall–Kier alpha value is -3.28. The van der Waals surface area contributed by atoms with E-state index in [4.69, 9.17) is 0 Å². The molecule has 0 aliphatic rings. The minimum Gasteiger partial charge on any atom is -0.350 e. The van der Waals surface area contributed by atoms with E-state index in [9.17, 15) is 30.0 Å². The van der Waals surface area contributed by atoms with E-state index < -0.39 is 58.9 Å². The molecule has 0 aromatic heterocycles. The van der Waals surface area contributed by atoms with Crippen molar-refractivity contribution < 1.29 is 30.0 Å². The van der Waals surface area contributed by atoms with Crippen molar-refractivity contribution >= 4 is 35.4 Å². The standard InChI is InChI=1S/C31H37NO7S3/c1-2-3-17-29(20-21-42(38,39)30-18-11-6-12-19-30)32-31(33)28(24-40(34,35)22-26-13-7-4-8-14-26)25-41(36,37)23-27-15-9-5-10-16-27/h4-16,18-21,28-29H,2-3,17,22-25H2,1H3,(H,32,33)/t29-/m0/s1. The first-order valence-electron chi connectivity index (χ1n) is 13.7. The average Bonchev–Trinajstić information content (AvgIpc) is 2.95. The topological polar surface area (TPSA) is 132 Å².